The zero-order valence-corrected chi connectivity index (χ0v) is 16.2. The number of epoxide rings is 1. The van der Waals surface area contributed by atoms with Crippen LogP contribution in [0.1, 0.15) is 46.5 Å². The molecule has 0 amide bonds. The van der Waals surface area contributed by atoms with E-state index in [9.17, 15) is 19.8 Å². The third-order valence-corrected chi connectivity index (χ3v) is 9.08. The Balaban J connectivity index is 1.60. The van der Waals surface area contributed by atoms with E-state index in [1.165, 1.54) is 0 Å². The van der Waals surface area contributed by atoms with Gasteiger partial charge in [-0.25, -0.2) is 0 Å². The summed E-state index contributed by atoms with van der Waals surface area (Å²) in [6.45, 7) is 5.51. The molecule has 5 aliphatic rings. The van der Waals surface area contributed by atoms with E-state index < -0.39 is 23.4 Å². The number of fused-ring (bicyclic) bond motifs is 3. The second-order valence-corrected chi connectivity index (χ2v) is 9.86. The summed E-state index contributed by atoms with van der Waals surface area (Å²) in [5, 5.41) is 21.0. The van der Waals surface area contributed by atoms with Crippen LogP contribution in [0.2, 0.25) is 0 Å². The second-order valence-electron chi connectivity index (χ2n) is 9.86. The number of hydrogen-bond donors (Lipinski definition) is 2. The molecule has 1 heterocycles. The number of aliphatic hydroxyl groups excluding tert-OH is 1. The lowest BCUT2D eigenvalue weighted by atomic mass is 9.46. The molecule has 1 saturated heterocycles. The Hall–Kier alpha value is -1.30. The minimum atomic E-state index is -1.50. The van der Waals surface area contributed by atoms with Gasteiger partial charge in [0, 0.05) is 10.8 Å². The Labute approximate surface area is 159 Å². The van der Waals surface area contributed by atoms with Crippen LogP contribution in [0.4, 0.5) is 0 Å². The maximum absolute atomic E-state index is 12.6. The van der Waals surface area contributed by atoms with Gasteiger partial charge in [-0.15, -0.1) is 0 Å². The largest absolute Gasteiger partial charge is 0.388 e. The van der Waals surface area contributed by atoms with Gasteiger partial charge in [-0.05, 0) is 62.5 Å². The van der Waals surface area contributed by atoms with Crippen molar-refractivity contribution >= 4 is 11.6 Å². The van der Waals surface area contributed by atoms with Crippen LogP contribution in [0.3, 0.4) is 0 Å². The van der Waals surface area contributed by atoms with Crippen LogP contribution in [0.5, 0.6) is 0 Å². The van der Waals surface area contributed by atoms with Gasteiger partial charge in [0.05, 0.1) is 6.10 Å². The number of carbonyl (C=O) groups is 2. The molecular formula is C22H28O5. The summed E-state index contributed by atoms with van der Waals surface area (Å²) in [5.41, 5.74) is -1.55. The molecule has 8 atom stereocenters. The maximum atomic E-state index is 12.6. The molecular weight excluding hydrogens is 344 g/mol. The van der Waals surface area contributed by atoms with Gasteiger partial charge in [0.25, 0.3) is 0 Å². The zero-order chi connectivity index (χ0) is 19.4. The molecule has 0 aromatic heterocycles. The van der Waals surface area contributed by atoms with Gasteiger partial charge in [-0.1, -0.05) is 25.5 Å². The van der Waals surface area contributed by atoms with E-state index in [2.05, 4.69) is 6.92 Å². The predicted molar refractivity (Wildman–Crippen MR) is 97.7 cm³/mol. The second kappa shape index (κ2) is 5.00. The molecule has 5 rings (SSSR count). The van der Waals surface area contributed by atoms with Crippen LogP contribution in [-0.4, -0.2) is 45.7 Å². The number of allylic oxidation sites excluding steroid dienone is 2. The summed E-state index contributed by atoms with van der Waals surface area (Å²) in [7, 11) is 0. The maximum Gasteiger partial charge on any atom is 0.190 e. The highest BCUT2D eigenvalue weighted by Gasteiger charge is 2.81. The van der Waals surface area contributed by atoms with Gasteiger partial charge in [0.2, 0.25) is 0 Å². The Kier molecular flexibility index (Phi) is 3.29. The van der Waals surface area contributed by atoms with E-state index >= 15 is 0 Å². The third-order valence-electron chi connectivity index (χ3n) is 9.08. The van der Waals surface area contributed by atoms with Crippen LogP contribution in [-0.2, 0) is 14.3 Å². The van der Waals surface area contributed by atoms with E-state index in [0.29, 0.717) is 6.42 Å². The minimum Gasteiger partial charge on any atom is -0.388 e. The highest BCUT2D eigenvalue weighted by Crippen LogP contribution is 2.76. The van der Waals surface area contributed by atoms with Gasteiger partial charge in [0.15, 0.2) is 11.6 Å². The summed E-state index contributed by atoms with van der Waals surface area (Å²) < 4.78 is 6.43. The van der Waals surface area contributed by atoms with Crippen molar-refractivity contribution in [2.24, 2.45) is 28.6 Å². The smallest absolute Gasteiger partial charge is 0.190 e. The van der Waals surface area contributed by atoms with Crippen LogP contribution in [0.15, 0.2) is 23.8 Å². The van der Waals surface area contributed by atoms with Gasteiger partial charge in [0.1, 0.15) is 17.8 Å². The first-order valence-corrected chi connectivity index (χ1v) is 10.1. The molecule has 2 N–H and O–H groups in total. The van der Waals surface area contributed by atoms with Gasteiger partial charge < -0.3 is 14.9 Å². The van der Waals surface area contributed by atoms with Crippen molar-refractivity contribution < 1.29 is 24.5 Å². The molecule has 27 heavy (non-hydrogen) atoms. The SMILES string of the molecule is C[C@@H]1C[C@H]2[C@@H]3CCC4=CC(=O)C=C[C@]4(C)[C@]34O[C@@H]4C[C@]2(C)[C@@]1(O)C(=O)CO. The number of hydrogen-bond acceptors (Lipinski definition) is 5. The van der Waals surface area contributed by atoms with Gasteiger partial charge in [-0.3, -0.25) is 9.59 Å². The molecule has 4 fully saturated rings. The molecule has 0 aromatic rings. The quantitative estimate of drug-likeness (QED) is 0.724. The van der Waals surface area contributed by atoms with Crippen molar-refractivity contribution in [1.29, 1.82) is 0 Å². The average Bonchev–Trinajstić information content (AvgIpc) is 3.31. The molecule has 146 valence electrons. The Morgan fingerprint density at radius 2 is 2.07 bits per heavy atom. The van der Waals surface area contributed by atoms with E-state index in [1.807, 2.05) is 19.9 Å². The molecule has 4 aliphatic carbocycles. The molecule has 5 heteroatoms. The highest BCUT2D eigenvalue weighted by atomic mass is 16.6. The Morgan fingerprint density at radius 3 is 2.78 bits per heavy atom. The average molecular weight is 372 g/mol. The van der Waals surface area contributed by atoms with E-state index in [-0.39, 0.29) is 40.7 Å². The van der Waals surface area contributed by atoms with Crippen LogP contribution in [0, 0.1) is 28.6 Å². The van der Waals surface area contributed by atoms with Crippen molar-refractivity contribution in [2.45, 2.75) is 63.8 Å². The lowest BCUT2D eigenvalue weighted by Crippen LogP contribution is -2.62. The summed E-state index contributed by atoms with van der Waals surface area (Å²) in [6.07, 6.45) is 8.58. The highest BCUT2D eigenvalue weighted by molar-refractivity contribution is 6.01. The summed E-state index contributed by atoms with van der Waals surface area (Å²) in [6, 6.07) is 0. The van der Waals surface area contributed by atoms with Crippen molar-refractivity contribution in [1.82, 2.24) is 0 Å². The van der Waals surface area contributed by atoms with Crippen LogP contribution < -0.4 is 0 Å². The molecule has 3 saturated carbocycles. The van der Waals surface area contributed by atoms with E-state index in [0.717, 1.165) is 24.8 Å². The fourth-order valence-corrected chi connectivity index (χ4v) is 7.70. The molecule has 1 aliphatic heterocycles. The van der Waals surface area contributed by atoms with Crippen LogP contribution in [0.25, 0.3) is 0 Å². The Morgan fingerprint density at radius 1 is 1.33 bits per heavy atom. The first-order valence-electron chi connectivity index (χ1n) is 10.1. The van der Waals surface area contributed by atoms with E-state index in [1.54, 1.807) is 12.2 Å². The summed E-state index contributed by atoms with van der Waals surface area (Å²) in [5.74, 6) is -0.193. The molecule has 0 aromatic carbocycles. The van der Waals surface area contributed by atoms with Crippen molar-refractivity contribution in [3.63, 3.8) is 0 Å². The number of Topliss-reactive ketones (excluding diaryl/α,β-unsaturated/α-hetero) is 1. The van der Waals surface area contributed by atoms with E-state index in [4.69, 9.17) is 4.74 Å². The fourth-order valence-electron chi connectivity index (χ4n) is 7.70. The first kappa shape index (κ1) is 17.8. The van der Waals surface area contributed by atoms with Crippen molar-refractivity contribution in [3.8, 4) is 0 Å². The monoisotopic (exact) mass is 372 g/mol. The first-order chi connectivity index (χ1) is 12.6. The summed E-state index contributed by atoms with van der Waals surface area (Å²) in [4.78, 5) is 24.5. The molecule has 0 bridgehead atoms. The molecule has 0 unspecified atom stereocenters. The number of carbonyl (C=O) groups excluding carboxylic acids is 2. The van der Waals surface area contributed by atoms with Crippen molar-refractivity contribution in [2.75, 3.05) is 6.61 Å². The van der Waals surface area contributed by atoms with Crippen molar-refractivity contribution in [3.05, 3.63) is 23.8 Å². The number of rotatable bonds is 2. The topological polar surface area (TPSA) is 87.1 Å². The fraction of sp³-hybridized carbons (Fsp3) is 0.727. The predicted octanol–water partition coefficient (Wildman–Crippen LogP) is 1.96. The molecule has 5 nitrogen and oxygen atoms in total. The zero-order valence-electron chi connectivity index (χ0n) is 16.2. The number of aliphatic hydroxyl groups is 2. The number of ketones is 2. The van der Waals surface area contributed by atoms with Gasteiger partial charge >= 0.3 is 0 Å². The molecule has 0 radical (unpaired) electrons. The minimum absolute atomic E-state index is 0.0291. The number of ether oxygens (including phenoxy) is 1. The standard InChI is InChI=1S/C22H28O5/c1-12-8-16-15-5-4-13-9-14(24)6-7-19(13,2)22(15)18(27-22)10-20(16,3)21(12,26)17(25)11-23/h6-7,9,12,15-16,18,23,26H,4-5,8,10-11H2,1-3H3/t12-,15+,16+,18-,19+,20+,21+,22+/m1/s1. The lowest BCUT2D eigenvalue weighted by molar-refractivity contribution is -0.165. The van der Waals surface area contributed by atoms with Crippen LogP contribution >= 0.6 is 0 Å². The summed E-state index contributed by atoms with van der Waals surface area (Å²) >= 11 is 0. The lowest BCUT2D eigenvalue weighted by Gasteiger charge is -2.55. The van der Waals surface area contributed by atoms with Gasteiger partial charge in [-0.2, -0.15) is 0 Å². The third kappa shape index (κ3) is 1.73. The molecule has 1 spiro atoms. The Bertz CT molecular complexity index is 814. The normalized spacial score (nSPS) is 55.1.